The van der Waals surface area contributed by atoms with Crippen LogP contribution in [0.15, 0.2) is 54.4 Å². The number of anilines is 1. The van der Waals surface area contributed by atoms with Gasteiger partial charge in [-0.25, -0.2) is 0 Å². The number of para-hydroxylation sites is 1. The third-order valence-electron chi connectivity index (χ3n) is 3.97. The zero-order valence-corrected chi connectivity index (χ0v) is 13.3. The van der Waals surface area contributed by atoms with E-state index in [1.54, 1.807) is 0 Å². The van der Waals surface area contributed by atoms with Gasteiger partial charge < -0.3 is 14.6 Å². The van der Waals surface area contributed by atoms with Crippen LogP contribution in [-0.2, 0) is 0 Å². The van der Waals surface area contributed by atoms with Crippen LogP contribution < -0.4 is 4.90 Å². The van der Waals surface area contributed by atoms with E-state index in [4.69, 9.17) is 0 Å². The summed E-state index contributed by atoms with van der Waals surface area (Å²) in [4.78, 5) is 2.16. The van der Waals surface area contributed by atoms with E-state index in [-0.39, 0.29) is 0 Å². The predicted molar refractivity (Wildman–Crippen MR) is 92.3 cm³/mol. The molecule has 0 bridgehead atoms. The summed E-state index contributed by atoms with van der Waals surface area (Å²) >= 11 is 0. The van der Waals surface area contributed by atoms with Crippen molar-refractivity contribution in [1.29, 1.82) is 0 Å². The lowest BCUT2D eigenvalue weighted by molar-refractivity contribution is 0.230. The van der Waals surface area contributed by atoms with E-state index in [0.717, 1.165) is 23.5 Å². The molecule has 1 aliphatic rings. The molecule has 1 aromatic carbocycles. The Morgan fingerprint density at radius 3 is 2.55 bits per heavy atom. The van der Waals surface area contributed by atoms with Crippen LogP contribution in [0.5, 0.6) is 0 Å². The number of aliphatic hydroxyl groups is 1. The van der Waals surface area contributed by atoms with Gasteiger partial charge in [0.15, 0.2) is 0 Å². The fraction of sp³-hybridized carbons (Fsp3) is 0.263. The summed E-state index contributed by atoms with van der Waals surface area (Å²) in [7, 11) is 0. The van der Waals surface area contributed by atoms with Crippen molar-refractivity contribution in [3.63, 3.8) is 0 Å². The monoisotopic (exact) mass is 294 g/mol. The van der Waals surface area contributed by atoms with Gasteiger partial charge in [0.05, 0.1) is 23.2 Å². The van der Waals surface area contributed by atoms with Crippen molar-refractivity contribution in [2.75, 3.05) is 4.90 Å². The molecule has 3 rings (SSSR count). The molecule has 0 fully saturated rings. The Hall–Kier alpha value is -2.26. The number of aliphatic hydroxyl groups excluding tert-OH is 1. The second-order valence-electron chi connectivity index (χ2n) is 5.65. The van der Waals surface area contributed by atoms with Crippen molar-refractivity contribution < 1.29 is 5.11 Å². The largest absolute Gasteiger partial charge is 0.387 e. The molecule has 1 aromatic heterocycles. The number of aryl methyl sites for hydroxylation is 1. The van der Waals surface area contributed by atoms with Crippen molar-refractivity contribution in [3.8, 4) is 0 Å². The van der Waals surface area contributed by atoms with Crippen LogP contribution >= 0.6 is 0 Å². The second-order valence-corrected chi connectivity index (χ2v) is 5.65. The van der Waals surface area contributed by atoms with Gasteiger partial charge in [-0.2, -0.15) is 0 Å². The Bertz CT molecular complexity index is 723. The Labute approximate surface area is 131 Å². The van der Waals surface area contributed by atoms with E-state index >= 15 is 0 Å². The standard InChI is InChI=1S/C19H22N2O/c1-4-8-17-19-14(2)11-12-20(19)13-18(15(3)22)21(17)16-9-6-5-7-10-16/h5-13,15,22H,4H2,1-3H3/b17-8+. The predicted octanol–water partition coefficient (Wildman–Crippen LogP) is 4.25. The number of allylic oxidation sites excluding steroid dienone is 1. The van der Waals surface area contributed by atoms with Crippen molar-refractivity contribution in [3.05, 3.63) is 65.6 Å². The minimum absolute atomic E-state index is 0.545. The number of fused-ring (bicyclic) bond motifs is 1. The van der Waals surface area contributed by atoms with E-state index < -0.39 is 6.10 Å². The molecule has 3 nitrogen and oxygen atoms in total. The number of hydrogen-bond donors (Lipinski definition) is 1. The van der Waals surface area contributed by atoms with Crippen molar-refractivity contribution in [1.82, 2.24) is 4.57 Å². The van der Waals surface area contributed by atoms with Crippen molar-refractivity contribution in [2.24, 2.45) is 0 Å². The highest BCUT2D eigenvalue weighted by atomic mass is 16.3. The van der Waals surface area contributed by atoms with Crippen LogP contribution in [0, 0.1) is 6.92 Å². The number of rotatable bonds is 3. The summed E-state index contributed by atoms with van der Waals surface area (Å²) in [5, 5.41) is 10.3. The first-order valence-corrected chi connectivity index (χ1v) is 7.76. The molecule has 0 saturated heterocycles. The number of benzene rings is 1. The number of hydrogen-bond acceptors (Lipinski definition) is 2. The molecule has 1 N–H and O–H groups in total. The summed E-state index contributed by atoms with van der Waals surface area (Å²) in [6, 6.07) is 12.3. The highest BCUT2D eigenvalue weighted by Gasteiger charge is 2.28. The third kappa shape index (κ3) is 2.38. The zero-order valence-electron chi connectivity index (χ0n) is 13.3. The molecule has 3 heteroatoms. The maximum Gasteiger partial charge on any atom is 0.0930 e. The van der Waals surface area contributed by atoms with Crippen LogP contribution in [-0.4, -0.2) is 15.8 Å². The smallest absolute Gasteiger partial charge is 0.0930 e. The van der Waals surface area contributed by atoms with E-state index in [2.05, 4.69) is 53.8 Å². The van der Waals surface area contributed by atoms with E-state index in [1.807, 2.05) is 31.3 Å². The van der Waals surface area contributed by atoms with Gasteiger partial charge in [-0.05, 0) is 44.0 Å². The van der Waals surface area contributed by atoms with Gasteiger partial charge in [-0.15, -0.1) is 0 Å². The molecule has 2 heterocycles. The minimum atomic E-state index is -0.545. The van der Waals surface area contributed by atoms with Crippen molar-refractivity contribution in [2.45, 2.75) is 33.3 Å². The maximum absolute atomic E-state index is 10.3. The minimum Gasteiger partial charge on any atom is -0.387 e. The Morgan fingerprint density at radius 1 is 1.18 bits per heavy atom. The highest BCUT2D eigenvalue weighted by Crippen LogP contribution is 2.37. The maximum atomic E-state index is 10.3. The molecule has 2 aromatic rings. The molecular formula is C19H22N2O. The van der Waals surface area contributed by atoms with E-state index in [9.17, 15) is 5.11 Å². The lowest BCUT2D eigenvalue weighted by atomic mass is 10.1. The van der Waals surface area contributed by atoms with Gasteiger partial charge in [0, 0.05) is 18.1 Å². The molecule has 0 aliphatic carbocycles. The molecule has 0 amide bonds. The van der Waals surface area contributed by atoms with Crippen LogP contribution in [0.1, 0.15) is 31.5 Å². The summed E-state index contributed by atoms with van der Waals surface area (Å²) in [6.45, 7) is 6.07. The molecule has 0 radical (unpaired) electrons. The topological polar surface area (TPSA) is 28.4 Å². The fourth-order valence-electron chi connectivity index (χ4n) is 2.98. The summed E-state index contributed by atoms with van der Waals surface area (Å²) < 4.78 is 2.11. The number of aromatic nitrogens is 1. The quantitative estimate of drug-likeness (QED) is 0.917. The molecule has 0 spiro atoms. The fourth-order valence-corrected chi connectivity index (χ4v) is 2.98. The zero-order chi connectivity index (χ0) is 15.7. The lowest BCUT2D eigenvalue weighted by Gasteiger charge is -2.35. The third-order valence-corrected chi connectivity index (χ3v) is 3.97. The average Bonchev–Trinajstić information content (AvgIpc) is 2.89. The number of nitrogens with zero attached hydrogens (tertiary/aromatic N) is 2. The van der Waals surface area contributed by atoms with Gasteiger partial charge >= 0.3 is 0 Å². The summed E-state index contributed by atoms with van der Waals surface area (Å²) in [5.41, 5.74) is 5.52. The van der Waals surface area contributed by atoms with Crippen LogP contribution in [0.3, 0.4) is 0 Å². The van der Waals surface area contributed by atoms with Crippen LogP contribution in [0.25, 0.3) is 11.9 Å². The first kappa shape index (κ1) is 14.7. The summed E-state index contributed by atoms with van der Waals surface area (Å²) in [6.07, 6.45) is 6.69. The van der Waals surface area contributed by atoms with Gasteiger partial charge in [0.1, 0.15) is 0 Å². The SMILES string of the molecule is CC/C=C1\c2c(C)ccn2C=C(C(C)O)N1c1ccccc1. The van der Waals surface area contributed by atoms with Gasteiger partial charge in [-0.3, -0.25) is 0 Å². The summed E-state index contributed by atoms with van der Waals surface area (Å²) in [5.74, 6) is 0. The second kappa shape index (κ2) is 5.85. The Kier molecular flexibility index (Phi) is 3.90. The molecule has 0 saturated carbocycles. The molecule has 1 atom stereocenters. The molecule has 114 valence electrons. The lowest BCUT2D eigenvalue weighted by Crippen LogP contribution is -2.31. The molecule has 1 aliphatic heterocycles. The van der Waals surface area contributed by atoms with Gasteiger partial charge in [-0.1, -0.05) is 31.2 Å². The Balaban J connectivity index is 2.25. The molecule has 22 heavy (non-hydrogen) atoms. The highest BCUT2D eigenvalue weighted by molar-refractivity contribution is 5.87. The van der Waals surface area contributed by atoms with E-state index in [1.165, 1.54) is 11.3 Å². The molecule has 1 unspecified atom stereocenters. The van der Waals surface area contributed by atoms with Gasteiger partial charge in [0.25, 0.3) is 0 Å². The Morgan fingerprint density at radius 2 is 1.91 bits per heavy atom. The molecular weight excluding hydrogens is 272 g/mol. The van der Waals surface area contributed by atoms with E-state index in [0.29, 0.717) is 0 Å². The average molecular weight is 294 g/mol. The van der Waals surface area contributed by atoms with Crippen molar-refractivity contribution >= 4 is 17.6 Å². The van der Waals surface area contributed by atoms with Gasteiger partial charge in [0.2, 0.25) is 0 Å². The van der Waals surface area contributed by atoms with Crippen LogP contribution in [0.2, 0.25) is 0 Å². The normalized spacial score (nSPS) is 17.4. The first-order valence-electron chi connectivity index (χ1n) is 7.76. The van der Waals surface area contributed by atoms with Crippen LogP contribution in [0.4, 0.5) is 5.69 Å². The first-order chi connectivity index (χ1) is 10.6.